The van der Waals surface area contributed by atoms with E-state index in [1.807, 2.05) is 18.2 Å². The van der Waals surface area contributed by atoms with Crippen LogP contribution in [-0.4, -0.2) is 45.3 Å². The van der Waals surface area contributed by atoms with Crippen LogP contribution in [0.15, 0.2) is 58.3 Å². The Morgan fingerprint density at radius 3 is 2.30 bits per heavy atom. The second-order valence-corrected chi connectivity index (χ2v) is 13.5. The zero-order valence-electron chi connectivity index (χ0n) is 18.2. The van der Waals surface area contributed by atoms with Gasteiger partial charge in [-0.25, -0.2) is 26.5 Å². The highest BCUT2D eigenvalue weighted by Crippen LogP contribution is 2.35. The lowest BCUT2D eigenvalue weighted by Gasteiger charge is -2.30. The molecule has 176 valence electrons. The summed E-state index contributed by atoms with van der Waals surface area (Å²) < 4.78 is 57.5. The topological polar surface area (TPSA) is 96.4 Å². The van der Waals surface area contributed by atoms with Crippen LogP contribution in [0, 0.1) is 0 Å². The van der Waals surface area contributed by atoms with Gasteiger partial charge in [-0.15, -0.1) is 11.3 Å². The molecule has 2 aromatic carbocycles. The SMILES string of the molecule is O=S(=O)(NC1CCCC1)c1cccc(S(=O)(=O)N2CCC(c3nc4ccccc4s3)CC2)c1. The first kappa shape index (κ1) is 22.9. The molecule has 0 spiro atoms. The van der Waals surface area contributed by atoms with E-state index in [-0.39, 0.29) is 21.8 Å². The van der Waals surface area contributed by atoms with E-state index in [1.54, 1.807) is 11.3 Å². The standard InChI is InChI=1S/C23H27N3O4S3/c27-32(28,25-18-6-1-2-7-18)19-8-5-9-20(16-19)33(29,30)26-14-12-17(13-15-26)23-24-21-10-3-4-11-22(21)31-23/h3-5,8-11,16-18,25H,1-2,6-7,12-15H2. The van der Waals surface area contributed by atoms with Gasteiger partial charge in [0.1, 0.15) is 0 Å². The number of benzene rings is 2. The molecule has 1 aliphatic heterocycles. The lowest BCUT2D eigenvalue weighted by molar-refractivity contribution is 0.319. The van der Waals surface area contributed by atoms with Gasteiger partial charge in [0.15, 0.2) is 0 Å². The van der Waals surface area contributed by atoms with E-state index in [4.69, 9.17) is 4.98 Å². The van der Waals surface area contributed by atoms with E-state index in [9.17, 15) is 16.8 Å². The minimum Gasteiger partial charge on any atom is -0.241 e. The monoisotopic (exact) mass is 505 g/mol. The van der Waals surface area contributed by atoms with Gasteiger partial charge in [0.25, 0.3) is 0 Å². The second-order valence-electron chi connectivity index (χ2n) is 8.78. The largest absolute Gasteiger partial charge is 0.243 e. The highest BCUT2D eigenvalue weighted by atomic mass is 32.2. The first-order chi connectivity index (χ1) is 15.8. The molecular formula is C23H27N3O4S3. The van der Waals surface area contributed by atoms with Crippen LogP contribution in [0.3, 0.4) is 0 Å². The molecule has 3 aromatic rings. The maximum atomic E-state index is 13.3. The summed E-state index contributed by atoms with van der Waals surface area (Å²) in [6, 6.07) is 13.7. The highest BCUT2D eigenvalue weighted by molar-refractivity contribution is 7.90. The van der Waals surface area contributed by atoms with Crippen LogP contribution in [0.4, 0.5) is 0 Å². The number of thiazole rings is 1. The van der Waals surface area contributed by atoms with E-state index in [0.717, 1.165) is 40.9 Å². The van der Waals surface area contributed by atoms with Crippen molar-refractivity contribution in [1.29, 1.82) is 0 Å². The number of aromatic nitrogens is 1. The van der Waals surface area contributed by atoms with Crippen LogP contribution < -0.4 is 4.72 Å². The third-order valence-electron chi connectivity index (χ3n) is 6.54. The summed E-state index contributed by atoms with van der Waals surface area (Å²) in [7, 11) is -7.53. The first-order valence-corrected chi connectivity index (χ1v) is 15.0. The van der Waals surface area contributed by atoms with Gasteiger partial charge in [-0.2, -0.15) is 4.31 Å². The van der Waals surface area contributed by atoms with Crippen LogP contribution in [0.5, 0.6) is 0 Å². The van der Waals surface area contributed by atoms with Crippen molar-refractivity contribution in [2.24, 2.45) is 0 Å². The number of hydrogen-bond donors (Lipinski definition) is 1. The minimum absolute atomic E-state index is 0.000151. The van der Waals surface area contributed by atoms with E-state index in [2.05, 4.69) is 10.8 Å². The molecule has 2 aliphatic rings. The predicted octanol–water partition coefficient (Wildman–Crippen LogP) is 4.09. The maximum Gasteiger partial charge on any atom is 0.243 e. The number of hydrogen-bond acceptors (Lipinski definition) is 6. The van der Waals surface area contributed by atoms with Crippen molar-refractivity contribution in [3.05, 3.63) is 53.5 Å². The molecular weight excluding hydrogens is 478 g/mol. The Labute approximate surface area is 198 Å². The van der Waals surface area contributed by atoms with E-state index >= 15 is 0 Å². The molecule has 0 atom stereocenters. The number of nitrogens with zero attached hydrogens (tertiary/aromatic N) is 2. The molecule has 7 nitrogen and oxygen atoms in total. The molecule has 33 heavy (non-hydrogen) atoms. The average Bonchev–Trinajstić information content (AvgIpc) is 3.48. The zero-order chi connectivity index (χ0) is 23.1. The van der Waals surface area contributed by atoms with Crippen molar-refractivity contribution in [2.45, 2.75) is 60.3 Å². The molecule has 5 rings (SSSR count). The lowest BCUT2D eigenvalue weighted by Crippen LogP contribution is -2.38. The van der Waals surface area contributed by atoms with Gasteiger partial charge in [-0.1, -0.05) is 31.0 Å². The number of fused-ring (bicyclic) bond motifs is 1. The number of nitrogens with one attached hydrogen (secondary N) is 1. The molecule has 0 radical (unpaired) electrons. The maximum absolute atomic E-state index is 13.3. The summed E-state index contributed by atoms with van der Waals surface area (Å²) in [5.74, 6) is 0.233. The lowest BCUT2D eigenvalue weighted by atomic mass is 9.99. The first-order valence-electron chi connectivity index (χ1n) is 11.3. The molecule has 1 aliphatic carbocycles. The normalized spacial score (nSPS) is 19.4. The summed E-state index contributed by atoms with van der Waals surface area (Å²) >= 11 is 1.67. The predicted molar refractivity (Wildman–Crippen MR) is 129 cm³/mol. The summed E-state index contributed by atoms with van der Waals surface area (Å²) in [5.41, 5.74) is 0.983. The fourth-order valence-corrected chi connectivity index (χ4v) is 8.77. The third kappa shape index (κ3) is 4.72. The molecule has 10 heteroatoms. The van der Waals surface area contributed by atoms with Gasteiger partial charge in [-0.05, 0) is 56.0 Å². The fraction of sp³-hybridized carbons (Fsp3) is 0.435. The van der Waals surface area contributed by atoms with E-state index < -0.39 is 20.0 Å². The number of piperidine rings is 1. The smallest absolute Gasteiger partial charge is 0.241 e. The van der Waals surface area contributed by atoms with Gasteiger partial charge in [0.05, 0.1) is 25.0 Å². The van der Waals surface area contributed by atoms with Crippen LogP contribution in [-0.2, 0) is 20.0 Å². The van der Waals surface area contributed by atoms with Crippen molar-refractivity contribution in [2.75, 3.05) is 13.1 Å². The molecule has 2 heterocycles. The number of rotatable bonds is 6. The average molecular weight is 506 g/mol. The van der Waals surface area contributed by atoms with Gasteiger partial charge in [0, 0.05) is 25.0 Å². The molecule has 2 fully saturated rings. The van der Waals surface area contributed by atoms with Crippen molar-refractivity contribution in [3.8, 4) is 0 Å². The molecule has 1 aromatic heterocycles. The van der Waals surface area contributed by atoms with E-state index in [1.165, 1.54) is 28.6 Å². The quantitative estimate of drug-likeness (QED) is 0.544. The zero-order valence-corrected chi connectivity index (χ0v) is 20.6. The minimum atomic E-state index is -3.78. The molecule has 1 N–H and O–H groups in total. The molecule has 1 saturated carbocycles. The highest BCUT2D eigenvalue weighted by Gasteiger charge is 2.32. The Morgan fingerprint density at radius 2 is 1.58 bits per heavy atom. The van der Waals surface area contributed by atoms with Crippen molar-refractivity contribution in [3.63, 3.8) is 0 Å². The molecule has 1 saturated heterocycles. The van der Waals surface area contributed by atoms with Crippen LogP contribution in [0.2, 0.25) is 0 Å². The Kier molecular flexibility index (Phi) is 6.30. The van der Waals surface area contributed by atoms with Crippen LogP contribution >= 0.6 is 11.3 Å². The van der Waals surface area contributed by atoms with Crippen molar-refractivity contribution >= 4 is 41.6 Å². The fourth-order valence-electron chi connectivity index (χ4n) is 4.69. The van der Waals surface area contributed by atoms with Crippen molar-refractivity contribution < 1.29 is 16.8 Å². The van der Waals surface area contributed by atoms with Gasteiger partial charge in [0.2, 0.25) is 20.0 Å². The van der Waals surface area contributed by atoms with Gasteiger partial charge < -0.3 is 0 Å². The summed E-state index contributed by atoms with van der Waals surface area (Å²) in [4.78, 5) is 4.76. The number of para-hydroxylation sites is 1. The Balaban J connectivity index is 1.30. The van der Waals surface area contributed by atoms with Gasteiger partial charge >= 0.3 is 0 Å². The summed E-state index contributed by atoms with van der Waals surface area (Å²) in [6.45, 7) is 0.778. The van der Waals surface area contributed by atoms with Gasteiger partial charge in [-0.3, -0.25) is 0 Å². The Hall–Kier alpha value is -1.85. The molecule has 0 bridgehead atoms. The molecule has 0 unspecified atom stereocenters. The third-order valence-corrected chi connectivity index (χ3v) is 11.2. The Morgan fingerprint density at radius 1 is 0.879 bits per heavy atom. The second kappa shape index (κ2) is 9.07. The molecule has 0 amide bonds. The van der Waals surface area contributed by atoms with E-state index in [0.29, 0.717) is 25.9 Å². The van der Waals surface area contributed by atoms with Crippen LogP contribution in [0.25, 0.3) is 10.2 Å². The summed E-state index contributed by atoms with van der Waals surface area (Å²) in [5, 5.41) is 1.05. The van der Waals surface area contributed by atoms with Crippen LogP contribution in [0.1, 0.15) is 49.5 Å². The van der Waals surface area contributed by atoms with Crippen molar-refractivity contribution in [1.82, 2.24) is 14.0 Å². The summed E-state index contributed by atoms with van der Waals surface area (Å²) in [6.07, 6.45) is 5.05. The number of sulfonamides is 2. The Bertz CT molecular complexity index is 1320.